The summed E-state index contributed by atoms with van der Waals surface area (Å²) < 4.78 is 0. The maximum Gasteiger partial charge on any atom is 0.0659 e. The highest BCUT2D eigenvalue weighted by molar-refractivity contribution is 5.39. The standard InChI is InChI=1S/C14H19N/c1-5-13(9-15)8-14-7-6-10(2)11(3)12(14)4/h6-7,13H,5,8H2,1-4H3. The zero-order valence-electron chi connectivity index (χ0n) is 10.1. The number of rotatable bonds is 3. The van der Waals surface area contributed by atoms with E-state index < -0.39 is 0 Å². The zero-order chi connectivity index (χ0) is 11.4. The van der Waals surface area contributed by atoms with Crippen LogP contribution in [0.3, 0.4) is 0 Å². The van der Waals surface area contributed by atoms with Gasteiger partial charge in [-0.25, -0.2) is 0 Å². The van der Waals surface area contributed by atoms with Gasteiger partial charge in [0.05, 0.1) is 12.0 Å². The van der Waals surface area contributed by atoms with Gasteiger partial charge in [0.2, 0.25) is 0 Å². The fourth-order valence-corrected chi connectivity index (χ4v) is 1.78. The predicted molar refractivity (Wildman–Crippen MR) is 63.8 cm³/mol. The van der Waals surface area contributed by atoms with Crippen molar-refractivity contribution in [3.63, 3.8) is 0 Å². The molecule has 1 atom stereocenters. The number of nitriles is 1. The molecule has 0 saturated carbocycles. The largest absolute Gasteiger partial charge is 0.198 e. The number of nitrogens with zero attached hydrogens (tertiary/aromatic N) is 1. The molecule has 0 amide bonds. The van der Waals surface area contributed by atoms with E-state index in [2.05, 4.69) is 45.9 Å². The Labute approximate surface area is 92.7 Å². The first-order valence-corrected chi connectivity index (χ1v) is 5.55. The Kier molecular flexibility index (Phi) is 3.91. The van der Waals surface area contributed by atoms with Gasteiger partial charge in [-0.05, 0) is 55.9 Å². The van der Waals surface area contributed by atoms with Gasteiger partial charge in [-0.2, -0.15) is 5.26 Å². The molecule has 1 nitrogen and oxygen atoms in total. The van der Waals surface area contributed by atoms with Crippen LogP contribution < -0.4 is 0 Å². The summed E-state index contributed by atoms with van der Waals surface area (Å²) in [6.07, 6.45) is 1.82. The van der Waals surface area contributed by atoms with E-state index in [9.17, 15) is 0 Å². The van der Waals surface area contributed by atoms with E-state index in [0.717, 1.165) is 12.8 Å². The highest BCUT2D eigenvalue weighted by atomic mass is 14.3. The normalized spacial score (nSPS) is 12.2. The molecule has 15 heavy (non-hydrogen) atoms. The Morgan fingerprint density at radius 1 is 1.20 bits per heavy atom. The molecule has 0 aliphatic carbocycles. The van der Waals surface area contributed by atoms with Crippen molar-refractivity contribution in [1.29, 1.82) is 5.26 Å². The summed E-state index contributed by atoms with van der Waals surface area (Å²) in [6.45, 7) is 8.52. The van der Waals surface area contributed by atoms with Crippen molar-refractivity contribution in [3.8, 4) is 6.07 Å². The Bertz CT molecular complexity index is 385. The zero-order valence-corrected chi connectivity index (χ0v) is 10.1. The molecule has 0 N–H and O–H groups in total. The summed E-state index contributed by atoms with van der Waals surface area (Å²) in [5.41, 5.74) is 5.37. The first kappa shape index (κ1) is 11.8. The van der Waals surface area contributed by atoms with E-state index in [1.54, 1.807) is 0 Å². The SMILES string of the molecule is CCC(C#N)Cc1ccc(C)c(C)c1C. The fraction of sp³-hybridized carbons (Fsp3) is 0.500. The van der Waals surface area contributed by atoms with Crippen LogP contribution in [-0.2, 0) is 6.42 Å². The summed E-state index contributed by atoms with van der Waals surface area (Å²) >= 11 is 0. The molecule has 1 rings (SSSR count). The lowest BCUT2D eigenvalue weighted by molar-refractivity contribution is 0.636. The van der Waals surface area contributed by atoms with Gasteiger partial charge in [0, 0.05) is 0 Å². The third-order valence-electron chi connectivity index (χ3n) is 3.31. The average molecular weight is 201 g/mol. The lowest BCUT2D eigenvalue weighted by atomic mass is 9.91. The van der Waals surface area contributed by atoms with E-state index in [0.29, 0.717) is 0 Å². The van der Waals surface area contributed by atoms with E-state index in [4.69, 9.17) is 5.26 Å². The molecule has 0 spiro atoms. The first-order valence-electron chi connectivity index (χ1n) is 5.55. The van der Waals surface area contributed by atoms with Gasteiger partial charge in [0.25, 0.3) is 0 Å². The molecule has 1 heteroatoms. The Hall–Kier alpha value is -1.29. The van der Waals surface area contributed by atoms with Crippen LogP contribution in [0, 0.1) is 38.0 Å². The van der Waals surface area contributed by atoms with Crippen molar-refractivity contribution < 1.29 is 0 Å². The summed E-state index contributed by atoms with van der Waals surface area (Å²) in [5, 5.41) is 8.95. The fourth-order valence-electron chi connectivity index (χ4n) is 1.78. The van der Waals surface area contributed by atoms with Crippen molar-refractivity contribution in [1.82, 2.24) is 0 Å². The summed E-state index contributed by atoms with van der Waals surface area (Å²) in [5.74, 6) is 0.158. The van der Waals surface area contributed by atoms with Gasteiger partial charge in [-0.1, -0.05) is 19.1 Å². The van der Waals surface area contributed by atoms with Gasteiger partial charge < -0.3 is 0 Å². The lowest BCUT2D eigenvalue weighted by Gasteiger charge is -2.13. The minimum Gasteiger partial charge on any atom is -0.198 e. The van der Waals surface area contributed by atoms with Crippen LogP contribution in [0.1, 0.15) is 35.6 Å². The molecule has 0 saturated heterocycles. The summed E-state index contributed by atoms with van der Waals surface area (Å²) in [4.78, 5) is 0. The number of hydrogen-bond acceptors (Lipinski definition) is 1. The second kappa shape index (κ2) is 4.98. The molecule has 0 aromatic heterocycles. The van der Waals surface area contributed by atoms with Crippen LogP contribution in [0.2, 0.25) is 0 Å². The molecule has 1 unspecified atom stereocenters. The van der Waals surface area contributed by atoms with Crippen molar-refractivity contribution in [2.45, 2.75) is 40.5 Å². The van der Waals surface area contributed by atoms with Crippen LogP contribution in [-0.4, -0.2) is 0 Å². The molecule has 1 aromatic rings. The highest BCUT2D eigenvalue weighted by Gasteiger charge is 2.09. The molecule has 0 fully saturated rings. The molecule has 80 valence electrons. The minimum absolute atomic E-state index is 0.158. The number of hydrogen-bond donors (Lipinski definition) is 0. The van der Waals surface area contributed by atoms with Crippen molar-refractivity contribution in [3.05, 3.63) is 34.4 Å². The van der Waals surface area contributed by atoms with Crippen molar-refractivity contribution in [2.24, 2.45) is 5.92 Å². The molecule has 1 aromatic carbocycles. The summed E-state index contributed by atoms with van der Waals surface area (Å²) in [6, 6.07) is 6.68. The molecule has 0 radical (unpaired) electrons. The van der Waals surface area contributed by atoms with E-state index in [1.807, 2.05) is 0 Å². The Morgan fingerprint density at radius 3 is 2.40 bits per heavy atom. The highest BCUT2D eigenvalue weighted by Crippen LogP contribution is 2.20. The van der Waals surface area contributed by atoms with Crippen LogP contribution >= 0.6 is 0 Å². The second-order valence-electron chi connectivity index (χ2n) is 4.23. The second-order valence-corrected chi connectivity index (χ2v) is 4.23. The smallest absolute Gasteiger partial charge is 0.0659 e. The van der Waals surface area contributed by atoms with Crippen molar-refractivity contribution in [2.75, 3.05) is 0 Å². The number of benzene rings is 1. The number of aryl methyl sites for hydroxylation is 1. The monoisotopic (exact) mass is 201 g/mol. The molecular weight excluding hydrogens is 182 g/mol. The van der Waals surface area contributed by atoms with Gasteiger partial charge in [-0.3, -0.25) is 0 Å². The molecule has 0 heterocycles. The maximum absolute atomic E-state index is 8.95. The van der Waals surface area contributed by atoms with E-state index in [-0.39, 0.29) is 5.92 Å². The summed E-state index contributed by atoms with van der Waals surface area (Å²) in [7, 11) is 0. The van der Waals surface area contributed by atoms with E-state index in [1.165, 1.54) is 22.3 Å². The van der Waals surface area contributed by atoms with Crippen LogP contribution in [0.15, 0.2) is 12.1 Å². The molecule has 0 bridgehead atoms. The van der Waals surface area contributed by atoms with E-state index >= 15 is 0 Å². The topological polar surface area (TPSA) is 23.8 Å². The van der Waals surface area contributed by atoms with Crippen LogP contribution in [0.25, 0.3) is 0 Å². The first-order chi connectivity index (χ1) is 7.10. The van der Waals surface area contributed by atoms with Gasteiger partial charge in [0.15, 0.2) is 0 Å². The maximum atomic E-state index is 8.95. The average Bonchev–Trinajstić information content (AvgIpc) is 2.25. The van der Waals surface area contributed by atoms with Gasteiger partial charge in [-0.15, -0.1) is 0 Å². The molecule has 0 aliphatic heterocycles. The van der Waals surface area contributed by atoms with Gasteiger partial charge in [0.1, 0.15) is 0 Å². The lowest BCUT2D eigenvalue weighted by Crippen LogP contribution is -2.03. The van der Waals surface area contributed by atoms with Crippen LogP contribution in [0.4, 0.5) is 0 Å². The molecule has 0 aliphatic rings. The third kappa shape index (κ3) is 2.59. The van der Waals surface area contributed by atoms with Gasteiger partial charge >= 0.3 is 0 Å². The molecular formula is C14H19N. The minimum atomic E-state index is 0.158. The predicted octanol–water partition coefficient (Wildman–Crippen LogP) is 3.70. The van der Waals surface area contributed by atoms with Crippen molar-refractivity contribution >= 4 is 0 Å². The Morgan fingerprint density at radius 2 is 1.87 bits per heavy atom. The third-order valence-corrected chi connectivity index (χ3v) is 3.31. The quantitative estimate of drug-likeness (QED) is 0.731. The van der Waals surface area contributed by atoms with Crippen LogP contribution in [0.5, 0.6) is 0 Å². The Balaban J connectivity index is 2.97.